The van der Waals surface area contributed by atoms with Crippen LogP contribution in [0.15, 0.2) is 0 Å². The van der Waals surface area contributed by atoms with Crippen LogP contribution in [0.1, 0.15) is 6.92 Å². The van der Waals surface area contributed by atoms with Gasteiger partial charge in [0.05, 0.1) is 0 Å². The molecule has 0 saturated heterocycles. The number of hydrogen-bond donors (Lipinski definition) is 0. The molecule has 0 aromatic heterocycles. The van der Waals surface area contributed by atoms with Gasteiger partial charge in [-0.2, -0.15) is 0 Å². The minimum absolute atomic E-state index is 0.463. The van der Waals surface area contributed by atoms with Crippen molar-refractivity contribution in [1.82, 2.24) is 0 Å². The topological polar surface area (TPSA) is 0 Å². The molecule has 0 bridgehead atoms. The van der Waals surface area contributed by atoms with Gasteiger partial charge in [0.1, 0.15) is 0 Å². The van der Waals surface area contributed by atoms with E-state index in [4.69, 9.17) is 0 Å². The van der Waals surface area contributed by atoms with Crippen LogP contribution in [-0.4, -0.2) is 41.0 Å². The van der Waals surface area contributed by atoms with Crippen molar-refractivity contribution in [3.05, 3.63) is 0 Å². The Hall–Kier alpha value is 0.690. The van der Waals surface area contributed by atoms with Gasteiger partial charge in [0, 0.05) is 0 Å². The first-order chi connectivity index (χ1) is 3.95. The summed E-state index contributed by atoms with van der Waals surface area (Å²) in [6, 6.07) is 0. The van der Waals surface area contributed by atoms with Gasteiger partial charge in [0.2, 0.25) is 0 Å². The molecular weight excluding hydrogens is 225 g/mol. The van der Waals surface area contributed by atoms with E-state index < -0.39 is 0 Å². The molecule has 1 atom stereocenters. The van der Waals surface area contributed by atoms with Crippen LogP contribution in [0.25, 0.3) is 0 Å². The summed E-state index contributed by atoms with van der Waals surface area (Å²) in [4.78, 5) is 2.36. The van der Waals surface area contributed by atoms with Gasteiger partial charge in [-0.3, -0.25) is 0 Å². The quantitative estimate of drug-likeness (QED) is 0.300. The average Bonchev–Trinajstić information content (AvgIpc) is 1.62. The van der Waals surface area contributed by atoms with E-state index in [1.165, 1.54) is 6.54 Å². The maximum absolute atomic E-state index is 2.36. The summed E-state index contributed by atoms with van der Waals surface area (Å²) in [6.07, 6.45) is 0. The fourth-order valence-electron chi connectivity index (χ4n) is 0.824. The van der Waals surface area contributed by atoms with E-state index in [0.29, 0.717) is 21.2 Å². The Morgan fingerprint density at radius 3 is 1.89 bits per heavy atom. The number of quaternary nitrogens is 1. The molecule has 0 aromatic carbocycles. The molecule has 0 aliphatic rings. The second-order valence-corrected chi connectivity index (χ2v) is 6.84. The van der Waals surface area contributed by atoms with Crippen LogP contribution in [0, 0.1) is 0 Å². The predicted molar refractivity (Wildman–Crippen MR) is 38.3 cm³/mol. The molecule has 0 aromatic rings. The minimum atomic E-state index is 0.463. The summed E-state index contributed by atoms with van der Waals surface area (Å²) in [7, 11) is 6.78. The van der Waals surface area contributed by atoms with E-state index in [1.54, 1.807) is 0 Å². The molecule has 0 spiro atoms. The summed E-state index contributed by atoms with van der Waals surface area (Å²) in [5.41, 5.74) is 0. The van der Waals surface area contributed by atoms with Crippen LogP contribution in [0.2, 0.25) is 0 Å². The van der Waals surface area contributed by atoms with Crippen LogP contribution in [0.3, 0.4) is 0 Å². The van der Waals surface area contributed by atoms with Crippen molar-refractivity contribution in [1.29, 1.82) is 0 Å². The molecule has 0 fully saturated rings. The Labute approximate surface area is 69.3 Å². The van der Waals surface area contributed by atoms with E-state index in [2.05, 4.69) is 33.0 Å². The first-order valence-corrected chi connectivity index (χ1v) is 6.64. The average molecular weight is 243 g/mol. The van der Waals surface area contributed by atoms with Crippen molar-refractivity contribution in [2.75, 3.05) is 32.6 Å². The third-order valence-electron chi connectivity index (χ3n) is 1.17. The SMILES string of the molecule is C[I-]C(C)C[N+](C)(C)C. The number of halogens is 1. The van der Waals surface area contributed by atoms with Gasteiger partial charge in [-0.1, -0.05) is 0 Å². The van der Waals surface area contributed by atoms with Gasteiger partial charge < -0.3 is 0 Å². The Bertz CT molecular complexity index is 75.5. The summed E-state index contributed by atoms with van der Waals surface area (Å²) in [6.45, 7) is 3.70. The normalized spacial score (nSPS) is 16.1. The molecular formula is C7H18IN. The number of alkyl halides is 2. The van der Waals surface area contributed by atoms with Crippen LogP contribution < -0.4 is 21.2 Å². The van der Waals surface area contributed by atoms with Gasteiger partial charge in [-0.05, 0) is 0 Å². The standard InChI is InChI=1S/C7H18IN/c1-7(8-2)6-9(3,4)5/h7H,6H2,1-5H3. The molecule has 2 heteroatoms. The van der Waals surface area contributed by atoms with E-state index >= 15 is 0 Å². The van der Waals surface area contributed by atoms with Crippen molar-refractivity contribution < 1.29 is 25.7 Å². The van der Waals surface area contributed by atoms with Crippen LogP contribution in [0.4, 0.5) is 0 Å². The third kappa shape index (κ3) is 6.58. The monoisotopic (exact) mass is 243 g/mol. The Balaban J connectivity index is 3.47. The number of rotatable bonds is 3. The van der Waals surface area contributed by atoms with Crippen LogP contribution in [0.5, 0.6) is 0 Å². The van der Waals surface area contributed by atoms with E-state index in [1.807, 2.05) is 0 Å². The van der Waals surface area contributed by atoms with Gasteiger partial charge >= 0.3 is 69.2 Å². The zero-order valence-electron chi connectivity index (χ0n) is 7.11. The van der Waals surface area contributed by atoms with E-state index in [-0.39, 0.29) is 0 Å². The molecule has 0 aliphatic carbocycles. The summed E-state index contributed by atoms with van der Waals surface area (Å²) >= 11 is 0.463. The summed E-state index contributed by atoms with van der Waals surface area (Å²) in [5.74, 6) is 0. The molecule has 0 aliphatic heterocycles. The van der Waals surface area contributed by atoms with Crippen molar-refractivity contribution in [2.45, 2.75) is 10.8 Å². The molecule has 1 nitrogen and oxygen atoms in total. The molecule has 0 saturated carbocycles. The third-order valence-corrected chi connectivity index (χ3v) is 3.69. The van der Waals surface area contributed by atoms with Crippen molar-refractivity contribution in [2.24, 2.45) is 0 Å². The molecule has 0 N–H and O–H groups in total. The maximum atomic E-state index is 2.36. The van der Waals surface area contributed by atoms with Crippen molar-refractivity contribution in [3.63, 3.8) is 0 Å². The predicted octanol–water partition coefficient (Wildman–Crippen LogP) is -2.20. The molecule has 0 rings (SSSR count). The fraction of sp³-hybridized carbons (Fsp3) is 1.00. The second-order valence-electron chi connectivity index (χ2n) is 3.47. The molecule has 1 unspecified atom stereocenters. The first-order valence-electron chi connectivity index (χ1n) is 3.24. The van der Waals surface area contributed by atoms with Gasteiger partial charge in [-0.25, -0.2) is 0 Å². The van der Waals surface area contributed by atoms with Crippen molar-refractivity contribution >= 4 is 0 Å². The Morgan fingerprint density at radius 1 is 1.33 bits per heavy atom. The van der Waals surface area contributed by atoms with Crippen molar-refractivity contribution in [3.8, 4) is 0 Å². The molecule has 9 heavy (non-hydrogen) atoms. The fourth-order valence-corrected chi connectivity index (χ4v) is 2.40. The van der Waals surface area contributed by atoms with Gasteiger partial charge in [0.15, 0.2) is 0 Å². The van der Waals surface area contributed by atoms with Gasteiger partial charge in [0.25, 0.3) is 0 Å². The van der Waals surface area contributed by atoms with Crippen LogP contribution >= 0.6 is 0 Å². The first kappa shape index (κ1) is 9.69. The van der Waals surface area contributed by atoms with Gasteiger partial charge in [-0.15, -0.1) is 0 Å². The molecule has 0 radical (unpaired) electrons. The Kier molecular flexibility index (Phi) is 4.05. The molecule has 0 amide bonds. The number of nitrogens with zero attached hydrogens (tertiary/aromatic N) is 1. The molecule has 58 valence electrons. The van der Waals surface area contributed by atoms with E-state index in [0.717, 1.165) is 8.41 Å². The summed E-state index contributed by atoms with van der Waals surface area (Å²) in [5, 5.41) is 0. The zero-order chi connectivity index (χ0) is 7.49. The zero-order valence-corrected chi connectivity index (χ0v) is 9.27. The summed E-state index contributed by atoms with van der Waals surface area (Å²) < 4.78 is 2.10. The van der Waals surface area contributed by atoms with Crippen LogP contribution in [-0.2, 0) is 0 Å². The Morgan fingerprint density at radius 2 is 1.78 bits per heavy atom. The number of hydrogen-bond acceptors (Lipinski definition) is 0. The molecule has 0 heterocycles. The second kappa shape index (κ2) is 3.76. The van der Waals surface area contributed by atoms with E-state index in [9.17, 15) is 0 Å².